The lowest BCUT2D eigenvalue weighted by atomic mass is 10.2. The normalized spacial score (nSPS) is 21.3. The van der Waals surface area contributed by atoms with Crippen molar-refractivity contribution in [1.82, 2.24) is 4.90 Å². The van der Waals surface area contributed by atoms with Crippen molar-refractivity contribution in [3.63, 3.8) is 0 Å². The van der Waals surface area contributed by atoms with Crippen LogP contribution in [0.3, 0.4) is 0 Å². The largest absolute Gasteiger partial charge is 0.290 e. The number of carbonyl (C=O) groups is 2. The summed E-state index contributed by atoms with van der Waals surface area (Å²) in [5.74, 6) is 1.77. The number of carbonyl (C=O) groups excluding carboxylic acids is 2. The lowest BCUT2D eigenvalue weighted by Crippen LogP contribution is -2.45. The smallest absolute Gasteiger partial charge is 0.251 e. The van der Waals surface area contributed by atoms with Gasteiger partial charge < -0.3 is 0 Å². The molecule has 6 nitrogen and oxygen atoms in total. The predicted octanol–water partition coefficient (Wildman–Crippen LogP) is 3.78. The highest BCUT2D eigenvalue weighted by Gasteiger charge is 2.42. The standard InChI is InChI=1S/C20H20N4O2S/c25-19-14-18(23-10-12-27-13-11-23)20(26)24(19)17-8-6-16(7-9-17)22-21-15-4-2-1-3-5-15/h1-9,18H,10-14H2/t18-/m1/s1. The minimum absolute atomic E-state index is 0.120. The van der Waals surface area contributed by atoms with Crippen LogP contribution in [0.25, 0.3) is 0 Å². The number of imide groups is 1. The number of benzene rings is 2. The molecule has 4 rings (SSSR count). The second kappa shape index (κ2) is 8.02. The average Bonchev–Trinajstić information content (AvgIpc) is 3.02. The zero-order valence-corrected chi connectivity index (χ0v) is 15.6. The zero-order valence-electron chi connectivity index (χ0n) is 14.8. The Balaban J connectivity index is 1.47. The fourth-order valence-electron chi connectivity index (χ4n) is 3.34. The van der Waals surface area contributed by atoms with E-state index in [2.05, 4.69) is 15.1 Å². The van der Waals surface area contributed by atoms with E-state index in [-0.39, 0.29) is 24.3 Å². The van der Waals surface area contributed by atoms with Gasteiger partial charge in [0.15, 0.2) is 0 Å². The molecule has 7 heteroatoms. The number of nitrogens with zero attached hydrogens (tertiary/aromatic N) is 4. The molecule has 27 heavy (non-hydrogen) atoms. The Labute approximate surface area is 162 Å². The van der Waals surface area contributed by atoms with E-state index in [0.717, 1.165) is 30.3 Å². The molecule has 2 fully saturated rings. The number of anilines is 1. The summed E-state index contributed by atoms with van der Waals surface area (Å²) in [7, 11) is 0. The van der Waals surface area contributed by atoms with Gasteiger partial charge >= 0.3 is 0 Å². The Hall–Kier alpha value is -2.51. The highest BCUT2D eigenvalue weighted by Crippen LogP contribution is 2.29. The summed E-state index contributed by atoms with van der Waals surface area (Å²) in [5.41, 5.74) is 2.04. The number of azo groups is 1. The van der Waals surface area contributed by atoms with Crippen LogP contribution < -0.4 is 4.90 Å². The lowest BCUT2D eigenvalue weighted by molar-refractivity contribution is -0.122. The quantitative estimate of drug-likeness (QED) is 0.598. The van der Waals surface area contributed by atoms with Crippen molar-refractivity contribution in [2.75, 3.05) is 29.5 Å². The average molecular weight is 380 g/mol. The molecule has 0 spiro atoms. The molecule has 0 unspecified atom stereocenters. The molecule has 0 radical (unpaired) electrons. The molecule has 0 N–H and O–H groups in total. The van der Waals surface area contributed by atoms with Crippen molar-refractivity contribution in [2.24, 2.45) is 10.2 Å². The van der Waals surface area contributed by atoms with E-state index in [0.29, 0.717) is 11.4 Å². The third-order valence-corrected chi connectivity index (χ3v) is 5.70. The van der Waals surface area contributed by atoms with Gasteiger partial charge in [-0.25, -0.2) is 4.90 Å². The number of hydrogen-bond acceptors (Lipinski definition) is 6. The molecule has 2 aromatic carbocycles. The van der Waals surface area contributed by atoms with E-state index in [1.165, 1.54) is 4.90 Å². The minimum atomic E-state index is -0.323. The summed E-state index contributed by atoms with van der Waals surface area (Å²) < 4.78 is 0. The molecular formula is C20H20N4O2S. The summed E-state index contributed by atoms with van der Waals surface area (Å²) in [5, 5.41) is 8.37. The van der Waals surface area contributed by atoms with E-state index in [4.69, 9.17) is 0 Å². The molecule has 1 atom stereocenters. The van der Waals surface area contributed by atoms with Gasteiger partial charge in [0.1, 0.15) is 0 Å². The first-order valence-electron chi connectivity index (χ1n) is 8.98. The Morgan fingerprint density at radius 3 is 2.15 bits per heavy atom. The number of rotatable bonds is 4. The summed E-state index contributed by atoms with van der Waals surface area (Å²) in [6, 6.07) is 16.2. The molecule has 0 saturated carbocycles. The second-order valence-corrected chi connectivity index (χ2v) is 7.71. The van der Waals surface area contributed by atoms with Crippen molar-refractivity contribution in [3.8, 4) is 0 Å². The lowest BCUT2D eigenvalue weighted by Gasteiger charge is -2.30. The van der Waals surface area contributed by atoms with Crippen LogP contribution in [0.15, 0.2) is 64.8 Å². The predicted molar refractivity (Wildman–Crippen MR) is 107 cm³/mol. The molecule has 138 valence electrons. The van der Waals surface area contributed by atoms with Gasteiger partial charge in [-0.05, 0) is 36.4 Å². The van der Waals surface area contributed by atoms with Gasteiger partial charge in [0.2, 0.25) is 5.91 Å². The second-order valence-electron chi connectivity index (χ2n) is 6.49. The third kappa shape index (κ3) is 3.94. The summed E-state index contributed by atoms with van der Waals surface area (Å²) in [4.78, 5) is 28.7. The van der Waals surface area contributed by atoms with Crippen molar-refractivity contribution in [1.29, 1.82) is 0 Å². The molecular weight excluding hydrogens is 360 g/mol. The number of hydrogen-bond donors (Lipinski definition) is 0. The van der Waals surface area contributed by atoms with Crippen molar-refractivity contribution >= 4 is 40.6 Å². The fourth-order valence-corrected chi connectivity index (χ4v) is 4.27. The first-order chi connectivity index (χ1) is 13.2. The molecule has 0 aliphatic carbocycles. The Morgan fingerprint density at radius 2 is 1.48 bits per heavy atom. The maximum atomic E-state index is 12.8. The van der Waals surface area contributed by atoms with Crippen LogP contribution in [-0.4, -0.2) is 47.4 Å². The zero-order chi connectivity index (χ0) is 18.6. The molecule has 0 aromatic heterocycles. The molecule has 2 saturated heterocycles. The van der Waals surface area contributed by atoms with Gasteiger partial charge in [0.05, 0.1) is 29.5 Å². The molecule has 0 bridgehead atoms. The van der Waals surface area contributed by atoms with E-state index >= 15 is 0 Å². The van der Waals surface area contributed by atoms with Crippen LogP contribution in [0, 0.1) is 0 Å². The SMILES string of the molecule is O=C1C[C@@H](N2CCSCC2)C(=O)N1c1ccc(N=Nc2ccccc2)cc1. The molecule has 2 aliphatic rings. The Morgan fingerprint density at radius 1 is 0.852 bits per heavy atom. The van der Waals surface area contributed by atoms with Gasteiger partial charge in [-0.3, -0.25) is 14.5 Å². The Bertz CT molecular complexity index is 848. The van der Waals surface area contributed by atoms with E-state index in [1.54, 1.807) is 24.3 Å². The van der Waals surface area contributed by atoms with Crippen LogP contribution in [0.5, 0.6) is 0 Å². The Kier molecular flexibility index (Phi) is 5.31. The van der Waals surface area contributed by atoms with Gasteiger partial charge in [-0.2, -0.15) is 22.0 Å². The first kappa shape index (κ1) is 17.9. The van der Waals surface area contributed by atoms with Crippen molar-refractivity contribution < 1.29 is 9.59 Å². The van der Waals surface area contributed by atoms with E-state index < -0.39 is 0 Å². The van der Waals surface area contributed by atoms with Crippen LogP contribution in [0.4, 0.5) is 17.1 Å². The highest BCUT2D eigenvalue weighted by molar-refractivity contribution is 7.99. The fraction of sp³-hybridized carbons (Fsp3) is 0.300. The van der Waals surface area contributed by atoms with Crippen molar-refractivity contribution in [3.05, 3.63) is 54.6 Å². The topological polar surface area (TPSA) is 65.3 Å². The van der Waals surface area contributed by atoms with Crippen LogP contribution >= 0.6 is 11.8 Å². The number of amides is 2. The van der Waals surface area contributed by atoms with Gasteiger partial charge in [-0.1, -0.05) is 18.2 Å². The molecule has 2 aromatic rings. The van der Waals surface area contributed by atoms with Gasteiger partial charge in [0.25, 0.3) is 5.91 Å². The van der Waals surface area contributed by atoms with Crippen molar-refractivity contribution in [2.45, 2.75) is 12.5 Å². The molecule has 2 aliphatic heterocycles. The van der Waals surface area contributed by atoms with Gasteiger partial charge in [-0.15, -0.1) is 0 Å². The highest BCUT2D eigenvalue weighted by atomic mass is 32.2. The first-order valence-corrected chi connectivity index (χ1v) is 10.1. The van der Waals surface area contributed by atoms with Crippen LogP contribution in [0.1, 0.15) is 6.42 Å². The summed E-state index contributed by atoms with van der Waals surface area (Å²) in [6.07, 6.45) is 0.263. The maximum absolute atomic E-state index is 12.8. The van der Waals surface area contributed by atoms with Crippen LogP contribution in [0.2, 0.25) is 0 Å². The third-order valence-electron chi connectivity index (χ3n) is 4.75. The van der Waals surface area contributed by atoms with Crippen LogP contribution in [-0.2, 0) is 9.59 Å². The molecule has 2 amide bonds. The van der Waals surface area contributed by atoms with E-state index in [1.807, 2.05) is 42.1 Å². The van der Waals surface area contributed by atoms with E-state index in [9.17, 15) is 9.59 Å². The number of thioether (sulfide) groups is 1. The van der Waals surface area contributed by atoms with Gasteiger partial charge in [0, 0.05) is 24.6 Å². The summed E-state index contributed by atoms with van der Waals surface area (Å²) >= 11 is 1.89. The minimum Gasteiger partial charge on any atom is -0.290 e. The maximum Gasteiger partial charge on any atom is 0.251 e. The monoisotopic (exact) mass is 380 g/mol. The molecule has 2 heterocycles. The summed E-state index contributed by atoms with van der Waals surface area (Å²) in [6.45, 7) is 1.72.